The molecule has 0 spiro atoms. The predicted octanol–water partition coefficient (Wildman–Crippen LogP) is 3.79. The second kappa shape index (κ2) is 8.75. The van der Waals surface area contributed by atoms with E-state index >= 15 is 0 Å². The lowest BCUT2D eigenvalue weighted by molar-refractivity contribution is -0.119. The first kappa shape index (κ1) is 15.8. The lowest BCUT2D eigenvalue weighted by atomic mass is 10.1. The minimum Gasteiger partial charge on any atom is -0.457 e. The Morgan fingerprint density at radius 1 is 0.950 bits per heavy atom. The number of ether oxygens (including phenoxy) is 1. The molecule has 0 aromatic heterocycles. The highest BCUT2D eigenvalue weighted by atomic mass is 16.5. The SMILES string of the molecule is CC.CNC(=O)Cc1ccc(Oc2ccccc2)cc1. The van der Waals surface area contributed by atoms with Crippen molar-refractivity contribution < 1.29 is 9.53 Å². The fourth-order valence-electron chi connectivity index (χ4n) is 1.57. The van der Waals surface area contributed by atoms with Gasteiger partial charge in [0.25, 0.3) is 0 Å². The van der Waals surface area contributed by atoms with Crippen molar-refractivity contribution in [3.05, 3.63) is 60.2 Å². The summed E-state index contributed by atoms with van der Waals surface area (Å²) in [7, 11) is 1.63. The van der Waals surface area contributed by atoms with Crippen molar-refractivity contribution in [1.82, 2.24) is 5.32 Å². The number of carbonyl (C=O) groups is 1. The Bertz CT molecular complexity index is 506. The fraction of sp³-hybridized carbons (Fsp3) is 0.235. The van der Waals surface area contributed by atoms with E-state index in [2.05, 4.69) is 5.32 Å². The van der Waals surface area contributed by atoms with Gasteiger partial charge in [-0.3, -0.25) is 4.79 Å². The van der Waals surface area contributed by atoms with Crippen molar-refractivity contribution in [3.63, 3.8) is 0 Å². The lowest BCUT2D eigenvalue weighted by Crippen LogP contribution is -2.19. The van der Waals surface area contributed by atoms with Gasteiger partial charge in [0.1, 0.15) is 11.5 Å². The quantitative estimate of drug-likeness (QED) is 0.918. The van der Waals surface area contributed by atoms with Gasteiger partial charge in [-0.25, -0.2) is 0 Å². The second-order valence-electron chi connectivity index (χ2n) is 3.91. The Kier molecular flexibility index (Phi) is 6.90. The standard InChI is InChI=1S/C15H15NO2.C2H6/c1-16-15(17)11-12-7-9-14(10-8-12)18-13-5-3-2-4-6-13;1-2/h2-10H,11H2,1H3,(H,16,17);1-2H3. The summed E-state index contributed by atoms with van der Waals surface area (Å²) in [6.07, 6.45) is 0.391. The average molecular weight is 271 g/mol. The fourth-order valence-corrected chi connectivity index (χ4v) is 1.57. The zero-order chi connectivity index (χ0) is 14.8. The van der Waals surface area contributed by atoms with Gasteiger partial charge in [-0.1, -0.05) is 44.2 Å². The highest BCUT2D eigenvalue weighted by molar-refractivity contribution is 5.78. The third kappa shape index (κ3) is 5.14. The van der Waals surface area contributed by atoms with Gasteiger partial charge in [0, 0.05) is 7.05 Å². The van der Waals surface area contributed by atoms with Crippen molar-refractivity contribution in [2.45, 2.75) is 20.3 Å². The van der Waals surface area contributed by atoms with Gasteiger partial charge in [0.2, 0.25) is 5.91 Å². The Hall–Kier alpha value is -2.29. The molecule has 0 aliphatic heterocycles. The highest BCUT2D eigenvalue weighted by Crippen LogP contribution is 2.21. The molecule has 0 saturated carbocycles. The van der Waals surface area contributed by atoms with Crippen LogP contribution in [0.4, 0.5) is 0 Å². The molecule has 0 heterocycles. The van der Waals surface area contributed by atoms with Crippen LogP contribution >= 0.6 is 0 Å². The van der Waals surface area contributed by atoms with Gasteiger partial charge in [-0.2, -0.15) is 0 Å². The molecule has 3 nitrogen and oxygen atoms in total. The van der Waals surface area contributed by atoms with E-state index in [0.717, 1.165) is 17.1 Å². The van der Waals surface area contributed by atoms with Gasteiger partial charge >= 0.3 is 0 Å². The third-order valence-electron chi connectivity index (χ3n) is 2.55. The zero-order valence-corrected chi connectivity index (χ0v) is 12.2. The number of rotatable bonds is 4. The number of carbonyl (C=O) groups excluding carboxylic acids is 1. The second-order valence-corrected chi connectivity index (χ2v) is 3.91. The van der Waals surface area contributed by atoms with Crippen LogP contribution in [0.1, 0.15) is 19.4 Å². The van der Waals surface area contributed by atoms with Crippen LogP contribution in [-0.2, 0) is 11.2 Å². The Morgan fingerprint density at radius 3 is 2.05 bits per heavy atom. The van der Waals surface area contributed by atoms with Gasteiger partial charge < -0.3 is 10.1 Å². The Morgan fingerprint density at radius 2 is 1.50 bits per heavy atom. The number of para-hydroxylation sites is 1. The lowest BCUT2D eigenvalue weighted by Gasteiger charge is -2.06. The van der Waals surface area contributed by atoms with Crippen LogP contribution in [0.15, 0.2) is 54.6 Å². The molecule has 1 N–H and O–H groups in total. The summed E-state index contributed by atoms with van der Waals surface area (Å²) < 4.78 is 5.66. The van der Waals surface area contributed by atoms with Crippen LogP contribution in [0.25, 0.3) is 0 Å². The number of hydrogen-bond acceptors (Lipinski definition) is 2. The van der Waals surface area contributed by atoms with Crippen LogP contribution in [0, 0.1) is 0 Å². The number of hydrogen-bond donors (Lipinski definition) is 1. The summed E-state index contributed by atoms with van der Waals surface area (Å²) in [6.45, 7) is 4.00. The van der Waals surface area contributed by atoms with E-state index in [4.69, 9.17) is 4.74 Å². The van der Waals surface area contributed by atoms with Crippen LogP contribution < -0.4 is 10.1 Å². The number of likely N-dealkylation sites (N-methyl/N-ethyl adjacent to an activating group) is 1. The molecular weight excluding hydrogens is 250 g/mol. The minimum absolute atomic E-state index is 0.00623. The minimum atomic E-state index is 0.00623. The van der Waals surface area contributed by atoms with Crippen LogP contribution in [-0.4, -0.2) is 13.0 Å². The average Bonchev–Trinajstić information content (AvgIpc) is 2.52. The van der Waals surface area contributed by atoms with E-state index in [0.29, 0.717) is 6.42 Å². The first-order valence-electron chi connectivity index (χ1n) is 6.80. The summed E-state index contributed by atoms with van der Waals surface area (Å²) in [5.41, 5.74) is 0.967. The summed E-state index contributed by atoms with van der Waals surface area (Å²) in [6, 6.07) is 17.1. The smallest absolute Gasteiger partial charge is 0.224 e. The molecule has 0 unspecified atom stereocenters. The molecule has 0 aliphatic rings. The molecule has 106 valence electrons. The van der Waals surface area contributed by atoms with Crippen molar-refractivity contribution in [2.75, 3.05) is 7.05 Å². The van der Waals surface area contributed by atoms with Crippen molar-refractivity contribution in [3.8, 4) is 11.5 Å². The summed E-state index contributed by atoms with van der Waals surface area (Å²) in [5, 5.41) is 2.60. The van der Waals surface area contributed by atoms with Gasteiger partial charge in [0.15, 0.2) is 0 Å². The van der Waals surface area contributed by atoms with E-state index in [1.165, 1.54) is 0 Å². The van der Waals surface area contributed by atoms with Gasteiger partial charge in [-0.05, 0) is 29.8 Å². The summed E-state index contributed by atoms with van der Waals surface area (Å²) in [4.78, 5) is 11.2. The molecule has 0 bridgehead atoms. The van der Waals surface area contributed by atoms with Crippen LogP contribution in [0.5, 0.6) is 11.5 Å². The summed E-state index contributed by atoms with van der Waals surface area (Å²) >= 11 is 0. The maximum Gasteiger partial charge on any atom is 0.224 e. The first-order valence-corrected chi connectivity index (χ1v) is 6.80. The monoisotopic (exact) mass is 271 g/mol. The van der Waals surface area contributed by atoms with Crippen molar-refractivity contribution >= 4 is 5.91 Å². The van der Waals surface area contributed by atoms with Crippen LogP contribution in [0.3, 0.4) is 0 Å². The van der Waals surface area contributed by atoms with Gasteiger partial charge in [0.05, 0.1) is 6.42 Å². The molecule has 0 fully saturated rings. The van der Waals surface area contributed by atoms with E-state index in [9.17, 15) is 4.79 Å². The van der Waals surface area contributed by atoms with Gasteiger partial charge in [-0.15, -0.1) is 0 Å². The predicted molar refractivity (Wildman–Crippen MR) is 82.1 cm³/mol. The number of benzene rings is 2. The maximum atomic E-state index is 11.2. The molecule has 2 rings (SSSR count). The molecule has 0 radical (unpaired) electrons. The third-order valence-corrected chi connectivity index (χ3v) is 2.55. The highest BCUT2D eigenvalue weighted by Gasteiger charge is 2.01. The molecule has 0 aliphatic carbocycles. The zero-order valence-electron chi connectivity index (χ0n) is 12.2. The molecule has 0 saturated heterocycles. The molecule has 2 aromatic rings. The summed E-state index contributed by atoms with van der Waals surface area (Å²) in [5.74, 6) is 1.57. The molecular formula is C17H21NO2. The largest absolute Gasteiger partial charge is 0.457 e. The van der Waals surface area contributed by atoms with E-state index in [1.807, 2.05) is 68.4 Å². The maximum absolute atomic E-state index is 11.2. The molecule has 3 heteroatoms. The Labute approximate surface area is 120 Å². The molecule has 0 atom stereocenters. The van der Waals surface area contributed by atoms with E-state index in [-0.39, 0.29) is 5.91 Å². The first-order chi connectivity index (χ1) is 9.78. The van der Waals surface area contributed by atoms with E-state index in [1.54, 1.807) is 7.05 Å². The van der Waals surface area contributed by atoms with E-state index < -0.39 is 0 Å². The topological polar surface area (TPSA) is 38.3 Å². The molecule has 2 aromatic carbocycles. The Balaban J connectivity index is 0.000000956. The van der Waals surface area contributed by atoms with Crippen molar-refractivity contribution in [1.29, 1.82) is 0 Å². The van der Waals surface area contributed by atoms with Crippen molar-refractivity contribution in [2.24, 2.45) is 0 Å². The van der Waals surface area contributed by atoms with Crippen LogP contribution in [0.2, 0.25) is 0 Å². The normalized spacial score (nSPS) is 9.15. The number of nitrogens with one attached hydrogen (secondary N) is 1. The molecule has 1 amide bonds. The number of amides is 1. The molecule has 20 heavy (non-hydrogen) atoms.